The number of piperidine rings is 1. The van der Waals surface area contributed by atoms with E-state index >= 15 is 0 Å². The number of carbonyl (C=O) groups excluding carboxylic acids is 1. The predicted octanol–water partition coefficient (Wildman–Crippen LogP) is 0.655. The fourth-order valence-electron chi connectivity index (χ4n) is 2.34. The van der Waals surface area contributed by atoms with E-state index in [1.54, 1.807) is 0 Å². The third-order valence-corrected chi connectivity index (χ3v) is 3.20. The first-order valence-corrected chi connectivity index (χ1v) is 5.88. The number of nitrogens with one attached hydrogen (secondary N) is 1. The van der Waals surface area contributed by atoms with Gasteiger partial charge in [-0.2, -0.15) is 0 Å². The Morgan fingerprint density at radius 2 is 2.31 bits per heavy atom. The average Bonchev–Trinajstić information content (AvgIpc) is 2.29. The Labute approximate surface area is 103 Å². The lowest BCUT2D eigenvalue weighted by molar-refractivity contribution is -0.143. The third-order valence-electron chi connectivity index (χ3n) is 3.20. The summed E-state index contributed by atoms with van der Waals surface area (Å²) in [6.45, 7) is 6.15. The van der Waals surface area contributed by atoms with E-state index in [0.717, 1.165) is 39.0 Å². The van der Waals surface area contributed by atoms with Crippen molar-refractivity contribution in [3.63, 3.8) is 0 Å². The molecule has 0 aliphatic carbocycles. The summed E-state index contributed by atoms with van der Waals surface area (Å²) in [6, 6.07) is 0. The summed E-state index contributed by atoms with van der Waals surface area (Å²) in [5, 5.41) is 3.29. The van der Waals surface area contributed by atoms with Crippen LogP contribution in [0.1, 0.15) is 19.8 Å². The average molecular weight is 249 g/mol. The van der Waals surface area contributed by atoms with Gasteiger partial charge in [0.05, 0.1) is 18.6 Å². The lowest BCUT2D eigenvalue weighted by Gasteiger charge is -2.34. The number of nitrogens with zero attached hydrogens (tertiary/aromatic N) is 1. The second kappa shape index (κ2) is 6.42. The molecule has 0 aromatic heterocycles. The van der Waals surface area contributed by atoms with Gasteiger partial charge in [-0.25, -0.2) is 0 Å². The minimum Gasteiger partial charge on any atom is -0.375 e. The first kappa shape index (κ1) is 13.7. The molecule has 0 bridgehead atoms. The molecule has 4 nitrogen and oxygen atoms in total. The van der Waals surface area contributed by atoms with Crippen LogP contribution in [-0.4, -0.2) is 49.7 Å². The molecule has 0 spiro atoms. The smallest absolute Gasteiger partial charge is 0.227 e. The van der Waals surface area contributed by atoms with Gasteiger partial charge in [-0.05, 0) is 26.3 Å². The standard InChI is InChI=1S/C11H20N2O2.ClH/c1-9-8-13(5-6-15-9)11(14)10-3-2-4-12-7-10;/h9-10,12H,2-8H2,1H3;1H. The van der Waals surface area contributed by atoms with E-state index in [1.807, 2.05) is 11.8 Å². The maximum atomic E-state index is 12.1. The molecule has 0 aromatic rings. The Kier molecular flexibility index (Phi) is 5.52. The lowest BCUT2D eigenvalue weighted by atomic mass is 9.98. The molecule has 2 aliphatic heterocycles. The lowest BCUT2D eigenvalue weighted by Crippen LogP contribution is -2.49. The predicted molar refractivity (Wildman–Crippen MR) is 64.8 cm³/mol. The monoisotopic (exact) mass is 248 g/mol. The van der Waals surface area contributed by atoms with Crippen molar-refractivity contribution in [2.24, 2.45) is 5.92 Å². The highest BCUT2D eigenvalue weighted by atomic mass is 35.5. The molecular weight excluding hydrogens is 228 g/mol. The van der Waals surface area contributed by atoms with Gasteiger partial charge in [0, 0.05) is 19.6 Å². The number of rotatable bonds is 1. The highest BCUT2D eigenvalue weighted by Gasteiger charge is 2.28. The Morgan fingerprint density at radius 1 is 1.50 bits per heavy atom. The highest BCUT2D eigenvalue weighted by Crippen LogP contribution is 2.15. The van der Waals surface area contributed by atoms with Crippen LogP contribution in [0, 0.1) is 5.92 Å². The second-order valence-electron chi connectivity index (χ2n) is 4.51. The van der Waals surface area contributed by atoms with Crippen LogP contribution in [0.25, 0.3) is 0 Å². The van der Waals surface area contributed by atoms with E-state index in [-0.39, 0.29) is 24.4 Å². The summed E-state index contributed by atoms with van der Waals surface area (Å²) < 4.78 is 5.44. The van der Waals surface area contributed by atoms with E-state index in [4.69, 9.17) is 4.74 Å². The summed E-state index contributed by atoms with van der Waals surface area (Å²) in [7, 11) is 0. The first-order valence-electron chi connectivity index (χ1n) is 5.88. The molecule has 0 aromatic carbocycles. The molecule has 1 N–H and O–H groups in total. The number of hydrogen-bond acceptors (Lipinski definition) is 3. The molecule has 2 heterocycles. The van der Waals surface area contributed by atoms with E-state index in [2.05, 4.69) is 5.32 Å². The van der Waals surface area contributed by atoms with Crippen molar-refractivity contribution in [3.8, 4) is 0 Å². The Morgan fingerprint density at radius 3 is 2.94 bits per heavy atom. The maximum absolute atomic E-state index is 12.1. The molecule has 0 radical (unpaired) electrons. The summed E-state index contributed by atoms with van der Waals surface area (Å²) in [4.78, 5) is 14.1. The molecule has 2 unspecified atom stereocenters. The van der Waals surface area contributed by atoms with Crippen molar-refractivity contribution in [1.29, 1.82) is 0 Å². The maximum Gasteiger partial charge on any atom is 0.227 e. The number of amides is 1. The van der Waals surface area contributed by atoms with Gasteiger partial charge in [0.1, 0.15) is 0 Å². The number of ether oxygens (including phenoxy) is 1. The fraction of sp³-hybridized carbons (Fsp3) is 0.909. The highest BCUT2D eigenvalue weighted by molar-refractivity contribution is 5.85. The van der Waals surface area contributed by atoms with Crippen LogP contribution in [-0.2, 0) is 9.53 Å². The summed E-state index contributed by atoms with van der Waals surface area (Å²) in [5.74, 6) is 0.515. The van der Waals surface area contributed by atoms with Gasteiger partial charge in [0.2, 0.25) is 5.91 Å². The number of morpholine rings is 1. The van der Waals surface area contributed by atoms with Gasteiger partial charge in [-0.15, -0.1) is 12.4 Å². The van der Waals surface area contributed by atoms with Crippen LogP contribution in [0.2, 0.25) is 0 Å². The minimum atomic E-state index is 0. The topological polar surface area (TPSA) is 41.6 Å². The zero-order chi connectivity index (χ0) is 10.7. The zero-order valence-corrected chi connectivity index (χ0v) is 10.6. The van der Waals surface area contributed by atoms with Crippen LogP contribution >= 0.6 is 12.4 Å². The normalized spacial score (nSPS) is 30.7. The van der Waals surface area contributed by atoms with Gasteiger partial charge in [0.15, 0.2) is 0 Å². The van der Waals surface area contributed by atoms with Crippen molar-refractivity contribution in [2.75, 3.05) is 32.8 Å². The van der Waals surface area contributed by atoms with Crippen molar-refractivity contribution >= 4 is 18.3 Å². The van der Waals surface area contributed by atoms with Crippen LogP contribution in [0.5, 0.6) is 0 Å². The van der Waals surface area contributed by atoms with Crippen molar-refractivity contribution in [1.82, 2.24) is 10.2 Å². The van der Waals surface area contributed by atoms with Gasteiger partial charge in [-0.3, -0.25) is 4.79 Å². The first-order chi connectivity index (χ1) is 7.27. The summed E-state index contributed by atoms with van der Waals surface area (Å²) in [6.07, 6.45) is 2.35. The minimum absolute atomic E-state index is 0. The van der Waals surface area contributed by atoms with Gasteiger partial charge >= 0.3 is 0 Å². The quantitative estimate of drug-likeness (QED) is 0.741. The zero-order valence-electron chi connectivity index (χ0n) is 9.78. The molecule has 2 aliphatic rings. The largest absolute Gasteiger partial charge is 0.375 e. The molecule has 2 atom stereocenters. The van der Waals surface area contributed by atoms with Crippen LogP contribution in [0.15, 0.2) is 0 Å². The van der Waals surface area contributed by atoms with Crippen LogP contribution in [0.4, 0.5) is 0 Å². The van der Waals surface area contributed by atoms with E-state index < -0.39 is 0 Å². The summed E-state index contributed by atoms with van der Waals surface area (Å²) in [5.41, 5.74) is 0. The van der Waals surface area contributed by atoms with Crippen LogP contribution in [0.3, 0.4) is 0 Å². The number of hydrogen-bond donors (Lipinski definition) is 1. The fourth-order valence-corrected chi connectivity index (χ4v) is 2.34. The van der Waals surface area contributed by atoms with Crippen molar-refractivity contribution in [2.45, 2.75) is 25.9 Å². The van der Waals surface area contributed by atoms with E-state index in [1.165, 1.54) is 0 Å². The van der Waals surface area contributed by atoms with E-state index in [0.29, 0.717) is 12.5 Å². The molecule has 16 heavy (non-hydrogen) atoms. The molecule has 2 saturated heterocycles. The molecule has 5 heteroatoms. The summed E-state index contributed by atoms with van der Waals surface area (Å²) >= 11 is 0. The molecule has 2 fully saturated rings. The van der Waals surface area contributed by atoms with Crippen molar-refractivity contribution < 1.29 is 9.53 Å². The Hall–Kier alpha value is -0.320. The SMILES string of the molecule is CC1CN(C(=O)C2CCCNC2)CCO1.Cl. The van der Waals surface area contributed by atoms with Gasteiger partial charge < -0.3 is 15.0 Å². The second-order valence-corrected chi connectivity index (χ2v) is 4.51. The molecule has 94 valence electrons. The van der Waals surface area contributed by atoms with Crippen LogP contribution < -0.4 is 5.32 Å². The molecular formula is C11H21ClN2O2. The number of carbonyl (C=O) groups is 1. The van der Waals surface area contributed by atoms with E-state index in [9.17, 15) is 4.79 Å². The third kappa shape index (κ3) is 3.34. The molecule has 0 saturated carbocycles. The van der Waals surface area contributed by atoms with Gasteiger partial charge in [-0.1, -0.05) is 0 Å². The van der Waals surface area contributed by atoms with Gasteiger partial charge in [0.25, 0.3) is 0 Å². The Bertz CT molecular complexity index is 232. The molecule has 2 rings (SSSR count). The Balaban J connectivity index is 0.00000128. The number of halogens is 1. The van der Waals surface area contributed by atoms with Crippen molar-refractivity contribution in [3.05, 3.63) is 0 Å². The molecule has 1 amide bonds.